The molecular formula is C22H29N5O2. The lowest BCUT2D eigenvalue weighted by atomic mass is 10.1. The Hall–Kier alpha value is -2.82. The van der Waals surface area contributed by atoms with E-state index in [1.807, 2.05) is 24.3 Å². The van der Waals surface area contributed by atoms with E-state index in [4.69, 9.17) is 10.5 Å². The van der Waals surface area contributed by atoms with Gasteiger partial charge >= 0.3 is 0 Å². The highest BCUT2D eigenvalue weighted by molar-refractivity contribution is 5.81. The Morgan fingerprint density at radius 2 is 2.24 bits per heavy atom. The van der Waals surface area contributed by atoms with Gasteiger partial charge in [0.05, 0.1) is 6.54 Å². The molecule has 0 unspecified atom stereocenters. The topological polar surface area (TPSA) is 94.2 Å². The first-order chi connectivity index (χ1) is 14.2. The minimum Gasteiger partial charge on any atom is -0.490 e. The Morgan fingerprint density at radius 3 is 3.03 bits per heavy atom. The van der Waals surface area contributed by atoms with E-state index in [-0.39, 0.29) is 12.0 Å². The zero-order chi connectivity index (χ0) is 20.3. The van der Waals surface area contributed by atoms with Gasteiger partial charge in [0, 0.05) is 30.9 Å². The molecule has 0 saturated carbocycles. The third kappa shape index (κ3) is 7.26. The van der Waals surface area contributed by atoms with Gasteiger partial charge in [-0.25, -0.2) is 0 Å². The normalized spacial score (nSPS) is 15.2. The van der Waals surface area contributed by atoms with Crippen molar-refractivity contribution in [3.05, 3.63) is 48.3 Å². The second-order valence-corrected chi connectivity index (χ2v) is 7.13. The van der Waals surface area contributed by atoms with Gasteiger partial charge in [0.15, 0.2) is 0 Å². The summed E-state index contributed by atoms with van der Waals surface area (Å²) in [4.78, 5) is 12.0. The smallest absolute Gasteiger partial charge is 0.238 e. The van der Waals surface area contributed by atoms with Gasteiger partial charge in [-0.2, -0.15) is 5.10 Å². The number of rotatable bonds is 8. The molecule has 1 amide bonds. The van der Waals surface area contributed by atoms with Crippen molar-refractivity contribution >= 4 is 5.91 Å². The lowest BCUT2D eigenvalue weighted by molar-refractivity contribution is -0.122. The quantitative estimate of drug-likeness (QED) is 0.463. The van der Waals surface area contributed by atoms with Crippen molar-refractivity contribution in [3.63, 3.8) is 0 Å². The molecule has 154 valence electrons. The van der Waals surface area contributed by atoms with E-state index in [0.29, 0.717) is 19.5 Å². The van der Waals surface area contributed by atoms with E-state index in [0.717, 1.165) is 43.7 Å². The summed E-state index contributed by atoms with van der Waals surface area (Å²) in [6, 6.07) is 9.13. The number of nitrogens with two attached hydrogens (primary N) is 1. The summed E-state index contributed by atoms with van der Waals surface area (Å²) in [5, 5.41) is 10.2. The SMILES string of the molecule is N[C@@H](Cn1cccn1)C(=O)NCCCC#Cc1cccc(OC2CCNCC2)c1. The molecule has 1 atom stereocenters. The lowest BCUT2D eigenvalue weighted by Crippen LogP contribution is -2.43. The molecular weight excluding hydrogens is 366 g/mol. The monoisotopic (exact) mass is 395 g/mol. The van der Waals surface area contributed by atoms with Crippen LogP contribution in [0.5, 0.6) is 5.75 Å². The Labute approximate surface area is 172 Å². The molecule has 1 saturated heterocycles. The van der Waals surface area contributed by atoms with Crippen LogP contribution in [0, 0.1) is 11.8 Å². The number of unbranched alkanes of at least 4 members (excludes halogenated alkanes) is 1. The molecule has 0 aliphatic carbocycles. The van der Waals surface area contributed by atoms with Crippen LogP contribution in [0.3, 0.4) is 0 Å². The highest BCUT2D eigenvalue weighted by Crippen LogP contribution is 2.17. The summed E-state index contributed by atoms with van der Waals surface area (Å²) < 4.78 is 7.71. The first-order valence-electron chi connectivity index (χ1n) is 10.2. The number of nitrogens with zero attached hydrogens (tertiary/aromatic N) is 2. The molecule has 0 radical (unpaired) electrons. The molecule has 1 fully saturated rings. The van der Waals surface area contributed by atoms with Crippen LogP contribution >= 0.6 is 0 Å². The summed E-state index contributed by atoms with van der Waals surface area (Å²) in [6.45, 7) is 2.94. The van der Waals surface area contributed by atoms with E-state index in [2.05, 4.69) is 27.6 Å². The number of piperidine rings is 1. The van der Waals surface area contributed by atoms with Gasteiger partial charge in [-0.05, 0) is 56.6 Å². The zero-order valence-electron chi connectivity index (χ0n) is 16.6. The number of hydrogen-bond donors (Lipinski definition) is 3. The van der Waals surface area contributed by atoms with Gasteiger partial charge in [0.2, 0.25) is 5.91 Å². The average molecular weight is 396 g/mol. The predicted octanol–water partition coefficient (Wildman–Crippen LogP) is 1.29. The van der Waals surface area contributed by atoms with E-state index in [9.17, 15) is 4.79 Å². The van der Waals surface area contributed by atoms with Crippen molar-refractivity contribution in [2.24, 2.45) is 5.73 Å². The molecule has 2 aromatic rings. The zero-order valence-corrected chi connectivity index (χ0v) is 16.6. The first kappa shape index (κ1) is 20.9. The second-order valence-electron chi connectivity index (χ2n) is 7.13. The molecule has 3 rings (SSSR count). The predicted molar refractivity (Wildman–Crippen MR) is 112 cm³/mol. The van der Waals surface area contributed by atoms with Gasteiger partial charge in [-0.15, -0.1) is 0 Å². The molecule has 7 heteroatoms. The van der Waals surface area contributed by atoms with Crippen LogP contribution in [0.25, 0.3) is 0 Å². The molecule has 1 aromatic heterocycles. The van der Waals surface area contributed by atoms with E-state index in [1.165, 1.54) is 0 Å². The third-order valence-corrected chi connectivity index (χ3v) is 4.71. The summed E-state index contributed by atoms with van der Waals surface area (Å²) in [5.74, 6) is 7.04. The number of carbonyl (C=O) groups is 1. The molecule has 4 N–H and O–H groups in total. The number of ether oxygens (including phenoxy) is 1. The fourth-order valence-corrected chi connectivity index (χ4v) is 3.13. The summed E-state index contributed by atoms with van der Waals surface area (Å²) in [7, 11) is 0. The van der Waals surface area contributed by atoms with Crippen LogP contribution in [-0.2, 0) is 11.3 Å². The number of benzene rings is 1. The van der Waals surface area contributed by atoms with Crippen LogP contribution in [0.2, 0.25) is 0 Å². The average Bonchev–Trinajstić information content (AvgIpc) is 3.24. The molecule has 1 aromatic carbocycles. The van der Waals surface area contributed by atoms with Crippen LogP contribution in [0.4, 0.5) is 0 Å². The fourth-order valence-electron chi connectivity index (χ4n) is 3.13. The van der Waals surface area contributed by atoms with Crippen molar-refractivity contribution in [2.45, 2.75) is 44.4 Å². The van der Waals surface area contributed by atoms with Crippen LogP contribution in [-0.4, -0.2) is 47.5 Å². The number of amides is 1. The van der Waals surface area contributed by atoms with E-state index in [1.54, 1.807) is 23.1 Å². The molecule has 1 aliphatic heterocycles. The highest BCUT2D eigenvalue weighted by Gasteiger charge is 2.14. The minimum atomic E-state index is -0.608. The van der Waals surface area contributed by atoms with Crippen molar-refractivity contribution < 1.29 is 9.53 Å². The third-order valence-electron chi connectivity index (χ3n) is 4.71. The van der Waals surface area contributed by atoms with Gasteiger partial charge in [0.25, 0.3) is 0 Å². The Morgan fingerprint density at radius 1 is 1.38 bits per heavy atom. The number of aromatic nitrogens is 2. The maximum absolute atomic E-state index is 12.0. The molecule has 7 nitrogen and oxygen atoms in total. The van der Waals surface area contributed by atoms with Crippen molar-refractivity contribution in [3.8, 4) is 17.6 Å². The summed E-state index contributed by atoms with van der Waals surface area (Å²) >= 11 is 0. The number of hydrogen-bond acceptors (Lipinski definition) is 5. The second kappa shape index (κ2) is 11.2. The van der Waals surface area contributed by atoms with Gasteiger partial charge < -0.3 is 21.1 Å². The number of nitrogens with one attached hydrogen (secondary N) is 2. The first-order valence-corrected chi connectivity index (χ1v) is 10.2. The number of carbonyl (C=O) groups excluding carboxylic acids is 1. The molecule has 2 heterocycles. The maximum atomic E-state index is 12.0. The van der Waals surface area contributed by atoms with Crippen molar-refractivity contribution in [1.82, 2.24) is 20.4 Å². The summed E-state index contributed by atoms with van der Waals surface area (Å²) in [5.41, 5.74) is 6.84. The highest BCUT2D eigenvalue weighted by atomic mass is 16.5. The fraction of sp³-hybridized carbons (Fsp3) is 0.455. The standard InChI is InChI=1S/C22H29N5O2/c23-21(17-27-15-5-12-26-27)22(28)25-11-3-1-2-6-18-7-4-8-20(16-18)29-19-9-13-24-14-10-19/h4-5,7-8,12,15-16,19,21,24H,1,3,9-11,13-14,17,23H2,(H,25,28)/t21-/m0/s1. The van der Waals surface area contributed by atoms with E-state index >= 15 is 0 Å². The Kier molecular flexibility index (Phi) is 8.11. The van der Waals surface area contributed by atoms with Gasteiger partial charge in [-0.1, -0.05) is 17.9 Å². The lowest BCUT2D eigenvalue weighted by Gasteiger charge is -2.23. The molecule has 1 aliphatic rings. The molecule has 0 bridgehead atoms. The largest absolute Gasteiger partial charge is 0.490 e. The van der Waals surface area contributed by atoms with E-state index < -0.39 is 6.04 Å². The molecule has 29 heavy (non-hydrogen) atoms. The molecule has 0 spiro atoms. The Bertz CT molecular complexity index is 819. The maximum Gasteiger partial charge on any atom is 0.238 e. The van der Waals surface area contributed by atoms with Gasteiger partial charge in [0.1, 0.15) is 17.9 Å². The van der Waals surface area contributed by atoms with Crippen molar-refractivity contribution in [2.75, 3.05) is 19.6 Å². The summed E-state index contributed by atoms with van der Waals surface area (Å²) in [6.07, 6.45) is 7.28. The Balaban J connectivity index is 1.35. The van der Waals surface area contributed by atoms with Crippen LogP contribution in [0.1, 0.15) is 31.2 Å². The van der Waals surface area contributed by atoms with Crippen LogP contribution < -0.4 is 21.1 Å². The van der Waals surface area contributed by atoms with Gasteiger partial charge in [-0.3, -0.25) is 9.48 Å². The van der Waals surface area contributed by atoms with Crippen molar-refractivity contribution in [1.29, 1.82) is 0 Å². The van der Waals surface area contributed by atoms with Crippen LogP contribution in [0.15, 0.2) is 42.7 Å². The minimum absolute atomic E-state index is 0.170.